The second-order valence-corrected chi connectivity index (χ2v) is 9.86. The van der Waals surface area contributed by atoms with Crippen LogP contribution in [0.5, 0.6) is 5.75 Å². The van der Waals surface area contributed by atoms with Crippen molar-refractivity contribution >= 4 is 27.8 Å². The van der Waals surface area contributed by atoms with E-state index in [-0.39, 0.29) is 0 Å². The Morgan fingerprint density at radius 1 is 0.611 bits per heavy atom. The summed E-state index contributed by atoms with van der Waals surface area (Å²) in [6, 6.07) is 19.8. The fourth-order valence-corrected chi connectivity index (χ4v) is 4.59. The summed E-state index contributed by atoms with van der Waals surface area (Å²) >= 11 is 0. The number of nitrogens with two attached hydrogens (primary N) is 1. The number of unbranched alkanes of at least 4 members (excludes halogenated alkanes) is 13. The van der Waals surface area contributed by atoms with Crippen LogP contribution >= 0.6 is 0 Å². The summed E-state index contributed by atoms with van der Waals surface area (Å²) in [5.74, 6) is 0.883. The zero-order valence-electron chi connectivity index (χ0n) is 22.3. The van der Waals surface area contributed by atoms with Gasteiger partial charge in [-0.1, -0.05) is 121 Å². The molecule has 2 N–H and O–H groups in total. The Balaban J connectivity index is 1.25. The number of hydrogen-bond acceptors (Lipinski definition) is 4. The number of fused-ring (bicyclic) bond motifs is 1. The zero-order valence-corrected chi connectivity index (χ0v) is 22.3. The van der Waals surface area contributed by atoms with Crippen molar-refractivity contribution in [1.82, 2.24) is 0 Å². The van der Waals surface area contributed by atoms with E-state index < -0.39 is 0 Å². The SMILES string of the molecule is CCCCCCCCCCCCCCCCOc1ccc(/N=N/c2c(N)ccc3ccccc23)cc1. The summed E-state index contributed by atoms with van der Waals surface area (Å²) in [7, 11) is 0. The fraction of sp³-hybridized carbons (Fsp3) is 0.500. The molecule has 0 aliphatic rings. The molecular formula is C32H45N3O. The smallest absolute Gasteiger partial charge is 0.119 e. The van der Waals surface area contributed by atoms with E-state index in [0.717, 1.165) is 35.2 Å². The van der Waals surface area contributed by atoms with Crippen molar-refractivity contribution in [3.8, 4) is 5.75 Å². The summed E-state index contributed by atoms with van der Waals surface area (Å²) in [5, 5.41) is 10.9. The molecule has 3 rings (SSSR count). The van der Waals surface area contributed by atoms with Gasteiger partial charge in [0.25, 0.3) is 0 Å². The van der Waals surface area contributed by atoms with Crippen LogP contribution in [-0.4, -0.2) is 6.61 Å². The van der Waals surface area contributed by atoms with Gasteiger partial charge in [0.1, 0.15) is 11.4 Å². The van der Waals surface area contributed by atoms with Crippen molar-refractivity contribution in [2.24, 2.45) is 10.2 Å². The lowest BCUT2D eigenvalue weighted by Gasteiger charge is -2.07. The number of benzene rings is 3. The third kappa shape index (κ3) is 10.0. The fourth-order valence-electron chi connectivity index (χ4n) is 4.59. The van der Waals surface area contributed by atoms with Crippen LogP contribution in [0.4, 0.5) is 17.1 Å². The number of nitrogen functional groups attached to an aromatic ring is 1. The van der Waals surface area contributed by atoms with Crippen molar-refractivity contribution < 1.29 is 4.74 Å². The van der Waals surface area contributed by atoms with Gasteiger partial charge in [-0.25, -0.2) is 0 Å². The number of ether oxygens (including phenoxy) is 1. The van der Waals surface area contributed by atoms with E-state index in [0.29, 0.717) is 11.4 Å². The number of nitrogens with zero attached hydrogens (tertiary/aromatic N) is 2. The Kier molecular flexibility index (Phi) is 12.9. The molecule has 3 aromatic carbocycles. The first-order valence-corrected chi connectivity index (χ1v) is 14.2. The topological polar surface area (TPSA) is 60.0 Å². The standard InChI is InChI=1S/C32H45N3O/c1-2-3-4-5-6-7-8-9-10-11-12-13-14-17-26-36-29-23-21-28(22-24-29)34-35-32-30-19-16-15-18-27(30)20-25-31(32)33/h15-16,18-25H,2-14,17,26,33H2,1H3/b35-34+. The molecule has 0 saturated carbocycles. The highest BCUT2D eigenvalue weighted by Crippen LogP contribution is 2.33. The van der Waals surface area contributed by atoms with E-state index in [1.165, 1.54) is 83.5 Å². The molecule has 0 fully saturated rings. The van der Waals surface area contributed by atoms with Gasteiger partial charge in [-0.15, -0.1) is 5.11 Å². The Hall–Kier alpha value is -2.88. The molecule has 0 heterocycles. The third-order valence-electron chi connectivity index (χ3n) is 6.80. The van der Waals surface area contributed by atoms with Crippen LogP contribution < -0.4 is 10.5 Å². The highest BCUT2D eigenvalue weighted by Gasteiger charge is 2.04. The lowest BCUT2D eigenvalue weighted by atomic mass is 10.0. The Morgan fingerprint density at radius 3 is 1.83 bits per heavy atom. The number of rotatable bonds is 18. The van der Waals surface area contributed by atoms with Crippen LogP contribution in [-0.2, 0) is 0 Å². The number of anilines is 1. The van der Waals surface area contributed by atoms with Crippen LogP contribution in [0.25, 0.3) is 10.8 Å². The maximum absolute atomic E-state index is 6.15. The largest absolute Gasteiger partial charge is 0.494 e. The van der Waals surface area contributed by atoms with E-state index in [2.05, 4.69) is 23.2 Å². The highest BCUT2D eigenvalue weighted by molar-refractivity contribution is 5.97. The van der Waals surface area contributed by atoms with E-state index in [9.17, 15) is 0 Å². The van der Waals surface area contributed by atoms with Gasteiger partial charge >= 0.3 is 0 Å². The first kappa shape index (κ1) is 27.7. The van der Waals surface area contributed by atoms with Gasteiger partial charge in [-0.3, -0.25) is 0 Å². The number of hydrogen-bond donors (Lipinski definition) is 1. The van der Waals surface area contributed by atoms with Gasteiger partial charge in [0, 0.05) is 5.39 Å². The minimum Gasteiger partial charge on any atom is -0.494 e. The van der Waals surface area contributed by atoms with Crippen molar-refractivity contribution in [2.45, 2.75) is 96.8 Å². The minimum absolute atomic E-state index is 0.630. The molecule has 0 radical (unpaired) electrons. The molecule has 0 spiro atoms. The van der Waals surface area contributed by atoms with Crippen molar-refractivity contribution in [3.05, 3.63) is 60.7 Å². The van der Waals surface area contributed by atoms with Gasteiger partial charge in [-0.05, 0) is 42.1 Å². The van der Waals surface area contributed by atoms with E-state index >= 15 is 0 Å². The summed E-state index contributed by atoms with van der Waals surface area (Å²) in [6.07, 6.45) is 19.2. The monoisotopic (exact) mass is 487 g/mol. The van der Waals surface area contributed by atoms with Crippen LogP contribution in [0.3, 0.4) is 0 Å². The van der Waals surface area contributed by atoms with Crippen LogP contribution in [0, 0.1) is 0 Å². The van der Waals surface area contributed by atoms with E-state index in [1.807, 2.05) is 54.6 Å². The van der Waals surface area contributed by atoms with Gasteiger partial charge in [0.15, 0.2) is 0 Å². The average Bonchev–Trinajstić information content (AvgIpc) is 2.91. The molecule has 4 nitrogen and oxygen atoms in total. The highest BCUT2D eigenvalue weighted by atomic mass is 16.5. The Bertz CT molecular complexity index is 1030. The van der Waals surface area contributed by atoms with Crippen LogP contribution in [0.1, 0.15) is 96.8 Å². The molecule has 3 aromatic rings. The van der Waals surface area contributed by atoms with Gasteiger partial charge in [0.05, 0.1) is 18.0 Å². The average molecular weight is 488 g/mol. The van der Waals surface area contributed by atoms with Crippen molar-refractivity contribution in [3.63, 3.8) is 0 Å². The molecule has 0 bridgehead atoms. The molecular weight excluding hydrogens is 442 g/mol. The maximum Gasteiger partial charge on any atom is 0.119 e. The first-order chi connectivity index (χ1) is 17.8. The summed E-state index contributed by atoms with van der Waals surface area (Å²) in [4.78, 5) is 0. The summed E-state index contributed by atoms with van der Waals surface area (Å²) in [5.41, 5.74) is 8.28. The molecule has 0 aromatic heterocycles. The molecule has 0 atom stereocenters. The Morgan fingerprint density at radius 2 is 1.19 bits per heavy atom. The predicted molar refractivity (Wildman–Crippen MR) is 155 cm³/mol. The third-order valence-corrected chi connectivity index (χ3v) is 6.80. The molecule has 0 aliphatic heterocycles. The molecule has 4 heteroatoms. The molecule has 194 valence electrons. The Labute approximate surface area is 218 Å². The predicted octanol–water partition coefficient (Wildman–Crippen LogP) is 10.7. The second kappa shape index (κ2) is 16.7. The summed E-state index contributed by atoms with van der Waals surface area (Å²) < 4.78 is 5.92. The van der Waals surface area contributed by atoms with E-state index in [1.54, 1.807) is 0 Å². The van der Waals surface area contributed by atoms with Crippen LogP contribution in [0.2, 0.25) is 0 Å². The molecule has 0 unspecified atom stereocenters. The van der Waals surface area contributed by atoms with Gasteiger partial charge in [-0.2, -0.15) is 5.11 Å². The lowest BCUT2D eigenvalue weighted by molar-refractivity contribution is 0.304. The molecule has 0 aliphatic carbocycles. The van der Waals surface area contributed by atoms with Gasteiger partial charge < -0.3 is 10.5 Å². The first-order valence-electron chi connectivity index (χ1n) is 14.2. The molecule has 0 amide bonds. The van der Waals surface area contributed by atoms with Crippen molar-refractivity contribution in [1.29, 1.82) is 0 Å². The van der Waals surface area contributed by atoms with E-state index in [4.69, 9.17) is 10.5 Å². The lowest BCUT2D eigenvalue weighted by Crippen LogP contribution is -1.96. The molecule has 36 heavy (non-hydrogen) atoms. The minimum atomic E-state index is 0.630. The quantitative estimate of drug-likeness (QED) is 0.110. The zero-order chi connectivity index (χ0) is 25.3. The summed E-state index contributed by atoms with van der Waals surface area (Å²) in [6.45, 7) is 3.05. The van der Waals surface area contributed by atoms with Crippen LogP contribution in [0.15, 0.2) is 70.9 Å². The molecule has 0 saturated heterocycles. The number of azo groups is 1. The second-order valence-electron chi connectivity index (χ2n) is 9.86. The van der Waals surface area contributed by atoms with Crippen molar-refractivity contribution in [2.75, 3.05) is 12.3 Å². The van der Waals surface area contributed by atoms with Gasteiger partial charge in [0.2, 0.25) is 0 Å². The maximum atomic E-state index is 6.15. The normalized spacial score (nSPS) is 11.5.